The van der Waals surface area contributed by atoms with E-state index in [0.717, 1.165) is 45.3 Å². The molecule has 4 nitrogen and oxygen atoms in total. The summed E-state index contributed by atoms with van der Waals surface area (Å²) >= 11 is 0. The van der Waals surface area contributed by atoms with Crippen LogP contribution in [0.4, 0.5) is 0 Å². The lowest BCUT2D eigenvalue weighted by molar-refractivity contribution is -0.176. The molecule has 1 atom stereocenters. The number of hydrogen-bond acceptors (Lipinski definition) is 4. The van der Waals surface area contributed by atoms with Crippen LogP contribution in [-0.2, 0) is 15.1 Å². The molecule has 1 saturated heterocycles. The van der Waals surface area contributed by atoms with Crippen LogP contribution < -0.4 is 0 Å². The molecule has 0 amide bonds. The molecule has 1 aliphatic carbocycles. The van der Waals surface area contributed by atoms with Gasteiger partial charge in [-0.3, -0.25) is 4.90 Å². The SMILES string of the molecule is O=C(OCCN1CCCCC1)[C@@](O)(c1ccccc1)C1CCCCC1. The Morgan fingerprint density at radius 1 is 1.04 bits per heavy atom. The predicted molar refractivity (Wildman–Crippen MR) is 98.2 cm³/mol. The van der Waals surface area contributed by atoms with Crippen molar-refractivity contribution >= 4 is 5.97 Å². The standard InChI is InChI=1S/C21H31NO3/c23-20(25-17-16-22-14-8-3-9-15-22)21(24,18-10-4-1-5-11-18)19-12-6-2-7-13-19/h1,4-5,10-11,19,24H,2-3,6-9,12-17H2/t21-/m1/s1. The highest BCUT2D eigenvalue weighted by atomic mass is 16.5. The number of piperidine rings is 1. The van der Waals surface area contributed by atoms with Crippen molar-refractivity contribution < 1.29 is 14.6 Å². The fourth-order valence-electron chi connectivity index (χ4n) is 4.29. The molecular weight excluding hydrogens is 314 g/mol. The third-order valence-corrected chi connectivity index (χ3v) is 5.81. The number of nitrogens with zero attached hydrogens (tertiary/aromatic N) is 1. The molecule has 1 N–H and O–H groups in total. The van der Waals surface area contributed by atoms with E-state index in [2.05, 4.69) is 4.90 Å². The average Bonchev–Trinajstić information content (AvgIpc) is 2.69. The third-order valence-electron chi connectivity index (χ3n) is 5.81. The summed E-state index contributed by atoms with van der Waals surface area (Å²) in [4.78, 5) is 15.3. The molecule has 3 rings (SSSR count). The van der Waals surface area contributed by atoms with Gasteiger partial charge in [0.05, 0.1) is 0 Å². The summed E-state index contributed by atoms with van der Waals surface area (Å²) in [6, 6.07) is 9.36. The fraction of sp³-hybridized carbons (Fsp3) is 0.667. The molecular formula is C21H31NO3. The van der Waals surface area contributed by atoms with Crippen molar-refractivity contribution in [1.29, 1.82) is 0 Å². The average molecular weight is 345 g/mol. The van der Waals surface area contributed by atoms with Gasteiger partial charge in [0.25, 0.3) is 0 Å². The van der Waals surface area contributed by atoms with E-state index in [0.29, 0.717) is 12.2 Å². The minimum atomic E-state index is -1.51. The van der Waals surface area contributed by atoms with Crippen molar-refractivity contribution in [2.75, 3.05) is 26.2 Å². The van der Waals surface area contributed by atoms with Gasteiger partial charge in [0.1, 0.15) is 6.61 Å². The number of rotatable bonds is 6. The van der Waals surface area contributed by atoms with Gasteiger partial charge in [0.15, 0.2) is 5.60 Å². The number of esters is 1. The largest absolute Gasteiger partial charge is 0.462 e. The van der Waals surface area contributed by atoms with E-state index in [1.165, 1.54) is 25.7 Å². The van der Waals surface area contributed by atoms with Gasteiger partial charge in [-0.1, -0.05) is 56.0 Å². The molecule has 1 heterocycles. The summed E-state index contributed by atoms with van der Waals surface area (Å²) in [6.07, 6.45) is 8.84. The molecule has 0 aromatic heterocycles. The number of ether oxygens (including phenoxy) is 1. The van der Waals surface area contributed by atoms with Gasteiger partial charge in [0, 0.05) is 12.5 Å². The van der Waals surface area contributed by atoms with Crippen LogP contribution in [-0.4, -0.2) is 42.2 Å². The lowest BCUT2D eigenvalue weighted by Crippen LogP contribution is -2.46. The maximum absolute atomic E-state index is 12.9. The minimum Gasteiger partial charge on any atom is -0.462 e. The van der Waals surface area contributed by atoms with Gasteiger partial charge in [-0.05, 0) is 44.3 Å². The van der Waals surface area contributed by atoms with Crippen LogP contribution >= 0.6 is 0 Å². The number of carbonyl (C=O) groups is 1. The third kappa shape index (κ3) is 4.42. The number of hydrogen-bond donors (Lipinski definition) is 1. The molecule has 1 aliphatic heterocycles. The van der Waals surface area contributed by atoms with Crippen LogP contribution in [0.1, 0.15) is 56.9 Å². The Morgan fingerprint density at radius 2 is 1.68 bits per heavy atom. The van der Waals surface area contributed by atoms with Crippen molar-refractivity contribution in [3.05, 3.63) is 35.9 Å². The number of benzene rings is 1. The molecule has 1 aromatic carbocycles. The normalized spacial score (nSPS) is 22.3. The second-order valence-electron chi connectivity index (χ2n) is 7.51. The summed E-state index contributed by atoms with van der Waals surface area (Å²) in [6.45, 7) is 3.30. The topological polar surface area (TPSA) is 49.8 Å². The summed E-state index contributed by atoms with van der Waals surface area (Å²) in [5, 5.41) is 11.4. The van der Waals surface area contributed by atoms with Crippen molar-refractivity contribution in [2.45, 2.75) is 57.0 Å². The summed E-state index contributed by atoms with van der Waals surface area (Å²) in [7, 11) is 0. The maximum atomic E-state index is 12.9. The first-order chi connectivity index (χ1) is 12.2. The number of likely N-dealkylation sites (tertiary alicyclic amines) is 1. The van der Waals surface area contributed by atoms with Crippen molar-refractivity contribution in [3.8, 4) is 0 Å². The highest BCUT2D eigenvalue weighted by Crippen LogP contribution is 2.40. The Bertz CT molecular complexity index is 535. The molecule has 138 valence electrons. The number of aliphatic hydroxyl groups is 1. The van der Waals surface area contributed by atoms with Crippen LogP contribution in [0.25, 0.3) is 0 Å². The van der Waals surface area contributed by atoms with Gasteiger partial charge >= 0.3 is 5.97 Å². The Balaban J connectivity index is 1.66. The van der Waals surface area contributed by atoms with Gasteiger partial charge in [-0.15, -0.1) is 0 Å². The van der Waals surface area contributed by atoms with Crippen LogP contribution in [0.5, 0.6) is 0 Å². The Kier molecular flexibility index (Phi) is 6.49. The molecule has 2 aliphatic rings. The van der Waals surface area contributed by atoms with Crippen LogP contribution in [0.15, 0.2) is 30.3 Å². The zero-order chi connectivity index (χ0) is 17.5. The van der Waals surface area contributed by atoms with E-state index in [1.54, 1.807) is 0 Å². The lowest BCUT2D eigenvalue weighted by atomic mass is 9.73. The summed E-state index contributed by atoms with van der Waals surface area (Å²) in [5.41, 5.74) is -0.839. The van der Waals surface area contributed by atoms with E-state index in [9.17, 15) is 9.90 Å². The van der Waals surface area contributed by atoms with Crippen LogP contribution in [0, 0.1) is 5.92 Å². The Labute approximate surface area is 151 Å². The predicted octanol–water partition coefficient (Wildman–Crippen LogP) is 3.48. The van der Waals surface area contributed by atoms with E-state index in [4.69, 9.17) is 4.74 Å². The van der Waals surface area contributed by atoms with E-state index in [-0.39, 0.29) is 5.92 Å². The highest BCUT2D eigenvalue weighted by molar-refractivity contribution is 5.81. The Morgan fingerprint density at radius 3 is 2.36 bits per heavy atom. The number of carbonyl (C=O) groups excluding carboxylic acids is 1. The monoisotopic (exact) mass is 345 g/mol. The molecule has 1 saturated carbocycles. The second kappa shape index (κ2) is 8.81. The quantitative estimate of drug-likeness (QED) is 0.802. The first-order valence-electron chi connectivity index (χ1n) is 9.89. The molecule has 4 heteroatoms. The summed E-state index contributed by atoms with van der Waals surface area (Å²) < 4.78 is 5.59. The van der Waals surface area contributed by atoms with E-state index < -0.39 is 11.6 Å². The van der Waals surface area contributed by atoms with Crippen molar-refractivity contribution in [2.24, 2.45) is 5.92 Å². The minimum absolute atomic E-state index is 0.0499. The van der Waals surface area contributed by atoms with Gasteiger partial charge < -0.3 is 9.84 Å². The van der Waals surface area contributed by atoms with Gasteiger partial charge in [0.2, 0.25) is 0 Å². The van der Waals surface area contributed by atoms with Crippen molar-refractivity contribution in [3.63, 3.8) is 0 Å². The zero-order valence-electron chi connectivity index (χ0n) is 15.2. The first kappa shape index (κ1) is 18.4. The Hall–Kier alpha value is -1.39. The lowest BCUT2D eigenvalue weighted by Gasteiger charge is -2.37. The maximum Gasteiger partial charge on any atom is 0.343 e. The van der Waals surface area contributed by atoms with Gasteiger partial charge in [-0.25, -0.2) is 4.79 Å². The first-order valence-corrected chi connectivity index (χ1v) is 9.89. The molecule has 1 aromatic rings. The second-order valence-corrected chi connectivity index (χ2v) is 7.51. The van der Waals surface area contributed by atoms with Crippen LogP contribution in [0.2, 0.25) is 0 Å². The molecule has 2 fully saturated rings. The fourth-order valence-corrected chi connectivity index (χ4v) is 4.29. The van der Waals surface area contributed by atoms with Crippen molar-refractivity contribution in [1.82, 2.24) is 4.90 Å². The van der Waals surface area contributed by atoms with E-state index in [1.807, 2.05) is 30.3 Å². The molecule has 25 heavy (non-hydrogen) atoms. The van der Waals surface area contributed by atoms with E-state index >= 15 is 0 Å². The van der Waals surface area contributed by atoms with Crippen LogP contribution in [0.3, 0.4) is 0 Å². The molecule has 0 unspecified atom stereocenters. The van der Waals surface area contributed by atoms with Gasteiger partial charge in [-0.2, -0.15) is 0 Å². The summed E-state index contributed by atoms with van der Waals surface area (Å²) in [5.74, 6) is -0.520. The molecule has 0 spiro atoms. The smallest absolute Gasteiger partial charge is 0.343 e. The zero-order valence-corrected chi connectivity index (χ0v) is 15.2. The molecule has 0 radical (unpaired) electrons. The highest BCUT2D eigenvalue weighted by Gasteiger charge is 2.47. The molecule has 0 bridgehead atoms.